The van der Waals surface area contributed by atoms with Crippen LogP contribution in [0.2, 0.25) is 5.02 Å². The van der Waals surface area contributed by atoms with E-state index in [4.69, 9.17) is 16.3 Å². The first kappa shape index (κ1) is 32.1. The van der Waals surface area contributed by atoms with Gasteiger partial charge in [0.25, 0.3) is 5.91 Å². The fourth-order valence-electron chi connectivity index (χ4n) is 5.14. The van der Waals surface area contributed by atoms with Crippen molar-refractivity contribution in [2.75, 3.05) is 52.5 Å². The van der Waals surface area contributed by atoms with E-state index in [2.05, 4.69) is 30.6 Å². The van der Waals surface area contributed by atoms with Crippen LogP contribution in [-0.4, -0.2) is 84.7 Å². The van der Waals surface area contributed by atoms with Gasteiger partial charge < -0.3 is 9.64 Å². The van der Waals surface area contributed by atoms with Crippen molar-refractivity contribution in [2.24, 2.45) is 0 Å². The number of nitrogens with zero attached hydrogens (tertiary/aromatic N) is 3. The number of carbonyl (C=O) groups excluding carboxylic acids is 1. The first-order chi connectivity index (χ1) is 19.6. The van der Waals surface area contributed by atoms with Crippen molar-refractivity contribution in [3.63, 3.8) is 0 Å². The topological polar surface area (TPSA) is 36.0 Å². The first-order valence-corrected chi connectivity index (χ1v) is 13.9. The van der Waals surface area contributed by atoms with Gasteiger partial charge in [0.05, 0.1) is 37.4 Å². The van der Waals surface area contributed by atoms with Gasteiger partial charge in [0.15, 0.2) is 0 Å². The Morgan fingerprint density at radius 1 is 0.952 bits per heavy atom. The number of hydrogen-bond donors (Lipinski definition) is 0. The van der Waals surface area contributed by atoms with Crippen LogP contribution in [0.5, 0.6) is 0 Å². The van der Waals surface area contributed by atoms with E-state index in [1.165, 1.54) is 4.90 Å². The molecule has 0 bridgehead atoms. The summed E-state index contributed by atoms with van der Waals surface area (Å²) in [5, 5.41) is 0.513. The van der Waals surface area contributed by atoms with E-state index in [1.54, 1.807) is 24.3 Å². The van der Waals surface area contributed by atoms with Crippen LogP contribution in [0.4, 0.5) is 26.3 Å². The van der Waals surface area contributed by atoms with Crippen molar-refractivity contribution in [2.45, 2.75) is 44.2 Å². The minimum atomic E-state index is -5.05. The summed E-state index contributed by atoms with van der Waals surface area (Å²) in [7, 11) is 0. The zero-order valence-electron chi connectivity index (χ0n) is 23.3. The zero-order chi connectivity index (χ0) is 30.7. The van der Waals surface area contributed by atoms with Crippen LogP contribution in [0.3, 0.4) is 0 Å². The zero-order valence-corrected chi connectivity index (χ0v) is 24.0. The number of rotatable bonds is 5. The van der Waals surface area contributed by atoms with E-state index in [0.29, 0.717) is 63.0 Å². The normalized spacial score (nSPS) is 20.2. The summed E-state index contributed by atoms with van der Waals surface area (Å²) in [5.74, 6) is 5.49. The average molecular weight is 616 g/mol. The molecule has 2 aliphatic rings. The molecule has 1 atom stereocenters. The molecule has 0 radical (unpaired) electrons. The van der Waals surface area contributed by atoms with Crippen molar-refractivity contribution in [1.29, 1.82) is 0 Å². The maximum Gasteiger partial charge on any atom is 0.416 e. The predicted molar refractivity (Wildman–Crippen MR) is 147 cm³/mol. The lowest BCUT2D eigenvalue weighted by Crippen LogP contribution is -2.56. The number of piperazine rings is 1. The largest absolute Gasteiger partial charge is 0.416 e. The number of carbonyl (C=O) groups is 1. The van der Waals surface area contributed by atoms with Crippen LogP contribution >= 0.6 is 11.6 Å². The molecule has 4 rings (SSSR count). The molecule has 42 heavy (non-hydrogen) atoms. The Balaban J connectivity index is 1.54. The molecular formula is C30H32ClF6N3O2. The highest BCUT2D eigenvalue weighted by atomic mass is 35.5. The molecule has 2 aliphatic heterocycles. The quantitative estimate of drug-likeness (QED) is 0.312. The van der Waals surface area contributed by atoms with Gasteiger partial charge in [-0.1, -0.05) is 35.6 Å². The maximum atomic E-state index is 13.5. The Kier molecular flexibility index (Phi) is 9.82. The number of benzene rings is 2. The van der Waals surface area contributed by atoms with Gasteiger partial charge in [-0.3, -0.25) is 14.6 Å². The van der Waals surface area contributed by atoms with Gasteiger partial charge in [-0.2, -0.15) is 26.3 Å². The molecule has 2 fully saturated rings. The smallest absolute Gasteiger partial charge is 0.378 e. The van der Waals surface area contributed by atoms with Crippen molar-refractivity contribution < 1.29 is 35.9 Å². The fourth-order valence-corrected chi connectivity index (χ4v) is 5.27. The molecule has 2 aromatic rings. The molecule has 2 heterocycles. The van der Waals surface area contributed by atoms with Crippen molar-refractivity contribution in [3.8, 4) is 11.8 Å². The van der Waals surface area contributed by atoms with E-state index in [0.717, 1.165) is 12.1 Å². The van der Waals surface area contributed by atoms with E-state index in [9.17, 15) is 31.1 Å². The van der Waals surface area contributed by atoms with Crippen LogP contribution in [-0.2, 0) is 23.5 Å². The highest BCUT2D eigenvalue weighted by Gasteiger charge is 2.39. The number of halogens is 7. The van der Waals surface area contributed by atoms with Crippen LogP contribution in [0.25, 0.3) is 0 Å². The number of hydrogen-bond acceptors (Lipinski definition) is 4. The van der Waals surface area contributed by atoms with E-state index < -0.39 is 41.0 Å². The lowest BCUT2D eigenvalue weighted by Gasteiger charge is -2.41. The lowest BCUT2D eigenvalue weighted by atomic mass is 9.99. The molecule has 1 amide bonds. The molecule has 0 unspecified atom stereocenters. The number of morpholine rings is 1. The molecule has 0 aliphatic carbocycles. The Hall–Kier alpha value is -2.78. The first-order valence-electron chi connectivity index (χ1n) is 13.5. The van der Waals surface area contributed by atoms with Crippen molar-refractivity contribution in [1.82, 2.24) is 14.7 Å². The summed E-state index contributed by atoms with van der Waals surface area (Å²) in [6.07, 6.45) is -9.76. The molecular weight excluding hydrogens is 584 g/mol. The van der Waals surface area contributed by atoms with E-state index in [1.807, 2.05) is 4.90 Å². The van der Waals surface area contributed by atoms with E-state index >= 15 is 0 Å². The van der Waals surface area contributed by atoms with Gasteiger partial charge in [-0.05, 0) is 56.2 Å². The van der Waals surface area contributed by atoms with Crippen molar-refractivity contribution >= 4 is 17.5 Å². The molecule has 2 saturated heterocycles. The Morgan fingerprint density at radius 2 is 1.57 bits per heavy atom. The Morgan fingerprint density at radius 3 is 2.17 bits per heavy atom. The fraction of sp³-hybridized carbons (Fsp3) is 0.500. The third-order valence-corrected chi connectivity index (χ3v) is 7.81. The standard InChI is InChI=1S/C30H32ClF6N3O2/c1-28(2)20-42-14-13-39(28)10-4-3-9-38-11-12-40(26(19-38)15-21-5-7-25(31)8-6-21)27(41)22-16-23(29(32,33)34)18-24(17-22)30(35,36)37/h5-8,16-18,26H,9-15,19-20H2,1-2H3/t26-/m1/s1. The van der Waals surface area contributed by atoms with Crippen LogP contribution in [0, 0.1) is 11.8 Å². The second-order valence-corrected chi connectivity index (χ2v) is 11.6. The molecule has 0 N–H and O–H groups in total. The SMILES string of the molecule is CC1(C)COCCN1CC#CCN1CCN(C(=O)c2cc(C(F)(F)F)cc(C(F)(F)F)c2)[C@H](Cc2ccc(Cl)cc2)C1. The van der Waals surface area contributed by atoms with Crippen LogP contribution in [0.1, 0.15) is 40.9 Å². The van der Waals surface area contributed by atoms with Gasteiger partial charge in [0.1, 0.15) is 0 Å². The predicted octanol–water partition coefficient (Wildman–Crippen LogP) is 5.86. The molecule has 2 aromatic carbocycles. The van der Waals surface area contributed by atoms with Gasteiger partial charge in [0, 0.05) is 48.3 Å². The Labute approximate surface area is 246 Å². The highest BCUT2D eigenvalue weighted by Crippen LogP contribution is 2.37. The third kappa shape index (κ3) is 8.19. The number of alkyl halides is 6. The number of ether oxygens (including phenoxy) is 1. The summed E-state index contributed by atoms with van der Waals surface area (Å²) >= 11 is 6.00. The van der Waals surface area contributed by atoms with E-state index in [-0.39, 0.29) is 18.2 Å². The summed E-state index contributed by atoms with van der Waals surface area (Å²) in [6, 6.07) is 7.41. The second kappa shape index (κ2) is 12.8. The van der Waals surface area contributed by atoms with Crippen LogP contribution in [0.15, 0.2) is 42.5 Å². The van der Waals surface area contributed by atoms with Gasteiger partial charge >= 0.3 is 12.4 Å². The van der Waals surface area contributed by atoms with Crippen molar-refractivity contribution in [3.05, 3.63) is 69.7 Å². The van der Waals surface area contributed by atoms with Gasteiger partial charge in [-0.25, -0.2) is 0 Å². The maximum absolute atomic E-state index is 13.5. The minimum absolute atomic E-state index is 0.0244. The summed E-state index contributed by atoms with van der Waals surface area (Å²) < 4.78 is 86.3. The molecule has 0 spiro atoms. The summed E-state index contributed by atoms with van der Waals surface area (Å²) in [4.78, 5) is 19.2. The minimum Gasteiger partial charge on any atom is -0.378 e. The lowest BCUT2D eigenvalue weighted by molar-refractivity contribution is -0.143. The second-order valence-electron chi connectivity index (χ2n) is 11.2. The monoisotopic (exact) mass is 615 g/mol. The van der Waals surface area contributed by atoms with Gasteiger partial charge in [0.2, 0.25) is 0 Å². The van der Waals surface area contributed by atoms with Gasteiger partial charge in [-0.15, -0.1) is 0 Å². The highest BCUT2D eigenvalue weighted by molar-refractivity contribution is 6.30. The molecule has 0 aromatic heterocycles. The average Bonchev–Trinajstić information content (AvgIpc) is 2.91. The van der Waals surface area contributed by atoms with Crippen LogP contribution < -0.4 is 0 Å². The molecule has 5 nitrogen and oxygen atoms in total. The third-order valence-electron chi connectivity index (χ3n) is 7.56. The molecule has 228 valence electrons. The number of amides is 1. The summed E-state index contributed by atoms with van der Waals surface area (Å²) in [5.41, 5.74) is -3.00. The summed E-state index contributed by atoms with van der Waals surface area (Å²) in [6.45, 7) is 8.02. The Bertz CT molecular complexity index is 1290. The molecule has 0 saturated carbocycles. The molecule has 12 heteroatoms.